The van der Waals surface area contributed by atoms with Crippen molar-refractivity contribution in [1.82, 2.24) is 0 Å². The topological polar surface area (TPSA) is 30.5 Å². The van der Waals surface area contributed by atoms with Crippen LogP contribution in [0, 0.1) is 5.41 Å². The number of hydrogen-bond acceptors (Lipinski definition) is 3. The molecule has 0 fully saturated rings. The lowest BCUT2D eigenvalue weighted by Gasteiger charge is -2.20. The van der Waals surface area contributed by atoms with Gasteiger partial charge in [0.15, 0.2) is 0 Å². The second kappa shape index (κ2) is 7.74. The second-order valence-electron chi connectivity index (χ2n) is 6.45. The molecular weight excluding hydrogens is 274 g/mol. The summed E-state index contributed by atoms with van der Waals surface area (Å²) in [5.41, 5.74) is 1.33. The number of para-hydroxylation sites is 1. The molecule has 2 aromatic carbocycles. The van der Waals surface area contributed by atoms with Gasteiger partial charge in [-0.1, -0.05) is 45.0 Å². The van der Waals surface area contributed by atoms with Gasteiger partial charge >= 0.3 is 0 Å². The van der Waals surface area contributed by atoms with Gasteiger partial charge in [0.05, 0.1) is 0 Å². The molecule has 0 amide bonds. The van der Waals surface area contributed by atoms with E-state index in [-0.39, 0.29) is 5.41 Å². The van der Waals surface area contributed by atoms with Crippen LogP contribution in [0.1, 0.15) is 20.8 Å². The van der Waals surface area contributed by atoms with Crippen LogP contribution in [0.15, 0.2) is 54.6 Å². The van der Waals surface area contributed by atoms with Gasteiger partial charge < -0.3 is 14.8 Å². The number of ether oxygens (including phenoxy) is 2. The summed E-state index contributed by atoms with van der Waals surface area (Å²) in [6.45, 7) is 8.61. The monoisotopic (exact) mass is 299 g/mol. The van der Waals surface area contributed by atoms with Crippen molar-refractivity contribution < 1.29 is 9.47 Å². The van der Waals surface area contributed by atoms with Crippen molar-refractivity contribution in [3.05, 3.63) is 54.6 Å². The van der Waals surface area contributed by atoms with Crippen molar-refractivity contribution in [1.29, 1.82) is 0 Å². The molecule has 22 heavy (non-hydrogen) atoms. The van der Waals surface area contributed by atoms with Crippen LogP contribution in [0.25, 0.3) is 0 Å². The third-order valence-electron chi connectivity index (χ3n) is 3.02. The minimum atomic E-state index is 0.250. The number of rotatable bonds is 7. The summed E-state index contributed by atoms with van der Waals surface area (Å²) in [7, 11) is 0. The molecule has 3 heteroatoms. The number of benzene rings is 2. The average Bonchev–Trinajstić information content (AvgIpc) is 2.50. The van der Waals surface area contributed by atoms with E-state index >= 15 is 0 Å². The Bertz CT molecular complexity index is 561. The molecule has 1 N–H and O–H groups in total. The van der Waals surface area contributed by atoms with Gasteiger partial charge in [0.25, 0.3) is 0 Å². The van der Waals surface area contributed by atoms with E-state index in [9.17, 15) is 0 Å². The van der Waals surface area contributed by atoms with Crippen LogP contribution in [-0.4, -0.2) is 19.8 Å². The first kappa shape index (κ1) is 16.2. The van der Waals surface area contributed by atoms with E-state index in [0.717, 1.165) is 23.7 Å². The first-order chi connectivity index (χ1) is 10.5. The fraction of sp³-hybridized carbons (Fsp3) is 0.368. The molecule has 0 aliphatic carbocycles. The van der Waals surface area contributed by atoms with Crippen LogP contribution in [0.3, 0.4) is 0 Å². The zero-order valence-corrected chi connectivity index (χ0v) is 13.6. The van der Waals surface area contributed by atoms with Gasteiger partial charge in [-0.05, 0) is 29.7 Å². The maximum Gasteiger partial charge on any atom is 0.122 e. The third-order valence-corrected chi connectivity index (χ3v) is 3.02. The first-order valence-electron chi connectivity index (χ1n) is 7.67. The molecule has 0 spiro atoms. The number of nitrogens with one attached hydrogen (secondary N) is 1. The SMILES string of the molecule is CC(C)(C)CNc1cccc(OCCOc2ccccc2)c1. The van der Waals surface area contributed by atoms with E-state index in [1.54, 1.807) is 0 Å². The van der Waals surface area contributed by atoms with Crippen molar-refractivity contribution in [3.63, 3.8) is 0 Å². The summed E-state index contributed by atoms with van der Waals surface area (Å²) in [5.74, 6) is 1.72. The van der Waals surface area contributed by atoms with Gasteiger partial charge in [-0.15, -0.1) is 0 Å². The molecule has 0 bridgehead atoms. The van der Waals surface area contributed by atoms with Crippen molar-refractivity contribution in [2.45, 2.75) is 20.8 Å². The molecular formula is C19H25NO2. The molecule has 118 valence electrons. The molecule has 0 saturated carbocycles. The van der Waals surface area contributed by atoms with E-state index < -0.39 is 0 Å². The van der Waals surface area contributed by atoms with Gasteiger partial charge in [0, 0.05) is 18.3 Å². The van der Waals surface area contributed by atoms with Crippen LogP contribution in [-0.2, 0) is 0 Å². The van der Waals surface area contributed by atoms with Crippen LogP contribution in [0.4, 0.5) is 5.69 Å². The highest BCUT2D eigenvalue weighted by Crippen LogP contribution is 2.20. The van der Waals surface area contributed by atoms with Crippen molar-refractivity contribution in [3.8, 4) is 11.5 Å². The van der Waals surface area contributed by atoms with Crippen molar-refractivity contribution >= 4 is 5.69 Å². The predicted octanol–water partition coefficient (Wildman–Crippen LogP) is 4.60. The largest absolute Gasteiger partial charge is 0.490 e. The summed E-state index contributed by atoms with van der Waals surface area (Å²) in [4.78, 5) is 0. The van der Waals surface area contributed by atoms with Crippen LogP contribution < -0.4 is 14.8 Å². The zero-order chi connectivity index (χ0) is 15.8. The van der Waals surface area contributed by atoms with Gasteiger partial charge in [-0.25, -0.2) is 0 Å². The van der Waals surface area contributed by atoms with E-state index in [1.165, 1.54) is 0 Å². The summed E-state index contributed by atoms with van der Waals surface area (Å²) >= 11 is 0. The molecule has 0 aliphatic heterocycles. The zero-order valence-electron chi connectivity index (χ0n) is 13.6. The van der Waals surface area contributed by atoms with Crippen LogP contribution in [0.5, 0.6) is 11.5 Å². The lowest BCUT2D eigenvalue weighted by molar-refractivity contribution is 0.217. The summed E-state index contributed by atoms with van der Waals surface area (Å²) < 4.78 is 11.3. The summed E-state index contributed by atoms with van der Waals surface area (Å²) in [5, 5.41) is 3.43. The first-order valence-corrected chi connectivity index (χ1v) is 7.67. The molecule has 0 heterocycles. The lowest BCUT2D eigenvalue weighted by atomic mass is 9.97. The van der Waals surface area contributed by atoms with Gasteiger partial charge in [0.2, 0.25) is 0 Å². The molecule has 0 unspecified atom stereocenters. The maximum absolute atomic E-state index is 5.74. The maximum atomic E-state index is 5.74. The fourth-order valence-electron chi connectivity index (χ4n) is 1.90. The van der Waals surface area contributed by atoms with E-state index in [0.29, 0.717) is 13.2 Å². The molecule has 0 aromatic heterocycles. The van der Waals surface area contributed by atoms with E-state index in [2.05, 4.69) is 32.2 Å². The smallest absolute Gasteiger partial charge is 0.122 e. The third kappa shape index (κ3) is 6.08. The van der Waals surface area contributed by atoms with Crippen LogP contribution in [0.2, 0.25) is 0 Å². The molecule has 0 atom stereocenters. The summed E-state index contributed by atoms with van der Waals surface area (Å²) in [6, 6.07) is 17.8. The normalized spacial score (nSPS) is 11.0. The highest BCUT2D eigenvalue weighted by atomic mass is 16.5. The molecule has 0 aliphatic rings. The van der Waals surface area contributed by atoms with Gasteiger partial charge in [-0.2, -0.15) is 0 Å². The second-order valence-corrected chi connectivity index (χ2v) is 6.45. The van der Waals surface area contributed by atoms with E-state index in [4.69, 9.17) is 9.47 Å². The van der Waals surface area contributed by atoms with Crippen molar-refractivity contribution in [2.75, 3.05) is 25.1 Å². The fourth-order valence-corrected chi connectivity index (χ4v) is 1.90. The average molecular weight is 299 g/mol. The highest BCUT2D eigenvalue weighted by Gasteiger charge is 2.09. The number of anilines is 1. The molecule has 3 nitrogen and oxygen atoms in total. The van der Waals surface area contributed by atoms with E-state index in [1.807, 2.05) is 48.5 Å². The minimum Gasteiger partial charge on any atom is -0.490 e. The Hall–Kier alpha value is -2.16. The Labute approximate surface area is 133 Å². The predicted molar refractivity (Wildman–Crippen MR) is 91.8 cm³/mol. The molecule has 2 aromatic rings. The molecule has 2 rings (SSSR count). The quantitative estimate of drug-likeness (QED) is 0.758. The van der Waals surface area contributed by atoms with Gasteiger partial charge in [-0.3, -0.25) is 0 Å². The molecule has 0 saturated heterocycles. The Morgan fingerprint density at radius 1 is 0.818 bits per heavy atom. The lowest BCUT2D eigenvalue weighted by Crippen LogP contribution is -2.19. The Kier molecular flexibility index (Phi) is 5.70. The van der Waals surface area contributed by atoms with Crippen LogP contribution >= 0.6 is 0 Å². The van der Waals surface area contributed by atoms with Gasteiger partial charge in [0.1, 0.15) is 24.7 Å². The summed E-state index contributed by atoms with van der Waals surface area (Å²) in [6.07, 6.45) is 0. The Morgan fingerprint density at radius 3 is 2.14 bits per heavy atom. The Morgan fingerprint density at radius 2 is 1.45 bits per heavy atom. The minimum absolute atomic E-state index is 0.250. The molecule has 0 radical (unpaired) electrons. The standard InChI is InChI=1S/C19H25NO2/c1-19(2,3)15-20-16-8-7-11-18(14-16)22-13-12-21-17-9-5-4-6-10-17/h4-11,14,20H,12-13,15H2,1-3H3. The Balaban J connectivity index is 1.76. The number of hydrogen-bond donors (Lipinski definition) is 1. The van der Waals surface area contributed by atoms with Crippen molar-refractivity contribution in [2.24, 2.45) is 5.41 Å². The highest BCUT2D eigenvalue weighted by molar-refractivity contribution is 5.48.